The molecular weight excluding hydrogens is 326 g/mol. The Morgan fingerprint density at radius 2 is 2.04 bits per heavy atom. The lowest BCUT2D eigenvalue weighted by Crippen LogP contribution is -2.22. The number of thiazole rings is 1. The molecule has 124 valence electrons. The molecule has 0 fully saturated rings. The number of nitrogens with one attached hydrogen (secondary N) is 1. The second-order valence-electron chi connectivity index (χ2n) is 4.99. The van der Waals surface area contributed by atoms with Gasteiger partial charge in [-0.15, -0.1) is 11.3 Å². The van der Waals surface area contributed by atoms with E-state index in [2.05, 4.69) is 16.4 Å². The summed E-state index contributed by atoms with van der Waals surface area (Å²) in [4.78, 5) is 28.5. The van der Waals surface area contributed by atoms with Gasteiger partial charge in [-0.2, -0.15) is 5.26 Å². The van der Waals surface area contributed by atoms with Crippen LogP contribution in [0.15, 0.2) is 24.3 Å². The molecule has 2 rings (SSSR count). The Hall–Kier alpha value is -2.72. The molecule has 0 saturated carbocycles. The molecule has 24 heavy (non-hydrogen) atoms. The highest BCUT2D eigenvalue weighted by Gasteiger charge is 2.20. The zero-order valence-electron chi connectivity index (χ0n) is 13.5. The Bertz CT molecular complexity index is 775. The number of ether oxygens (including phenoxy) is 1. The maximum absolute atomic E-state index is 12.0. The molecule has 0 aliphatic rings. The molecule has 0 saturated heterocycles. The van der Waals surface area contributed by atoms with Crippen LogP contribution in [0.4, 0.5) is 0 Å². The van der Waals surface area contributed by atoms with Crippen LogP contribution < -0.4 is 5.32 Å². The molecule has 1 heterocycles. The van der Waals surface area contributed by atoms with Crippen LogP contribution in [0.3, 0.4) is 0 Å². The van der Waals surface area contributed by atoms with Crippen molar-refractivity contribution < 1.29 is 14.3 Å². The Morgan fingerprint density at radius 3 is 2.62 bits per heavy atom. The fourth-order valence-electron chi connectivity index (χ4n) is 2.06. The van der Waals surface area contributed by atoms with Crippen molar-refractivity contribution in [3.63, 3.8) is 0 Å². The van der Waals surface area contributed by atoms with Crippen LogP contribution in [0.1, 0.15) is 40.8 Å². The zero-order valence-corrected chi connectivity index (χ0v) is 14.3. The molecule has 2 aromatic rings. The first-order chi connectivity index (χ1) is 11.6. The van der Waals surface area contributed by atoms with E-state index in [-0.39, 0.29) is 18.1 Å². The minimum Gasteiger partial charge on any atom is -0.464 e. The highest BCUT2D eigenvalue weighted by Crippen LogP contribution is 2.31. The van der Waals surface area contributed by atoms with Gasteiger partial charge in [-0.05, 0) is 24.1 Å². The second-order valence-corrected chi connectivity index (χ2v) is 6.08. The normalized spacial score (nSPS) is 10.0. The van der Waals surface area contributed by atoms with E-state index in [4.69, 9.17) is 10.00 Å². The Morgan fingerprint density at radius 1 is 1.33 bits per heavy atom. The summed E-state index contributed by atoms with van der Waals surface area (Å²) in [6.07, 6.45) is 1.23. The van der Waals surface area contributed by atoms with Crippen molar-refractivity contribution in [3.8, 4) is 16.5 Å². The number of hydrogen-bond donors (Lipinski definition) is 1. The van der Waals surface area contributed by atoms with Crippen LogP contribution in [-0.4, -0.2) is 24.0 Å². The summed E-state index contributed by atoms with van der Waals surface area (Å²) in [5.41, 5.74) is 1.53. The molecule has 6 nitrogen and oxygen atoms in total. The number of aromatic nitrogens is 1. The molecule has 1 amide bonds. The summed E-state index contributed by atoms with van der Waals surface area (Å²) in [6.45, 7) is 2.20. The van der Waals surface area contributed by atoms with Crippen molar-refractivity contribution in [1.82, 2.24) is 10.3 Å². The molecular formula is C17H17N3O3S. The first-order valence-corrected chi connectivity index (χ1v) is 8.26. The van der Waals surface area contributed by atoms with Gasteiger partial charge in [0.25, 0.3) is 0 Å². The number of methoxy groups -OCH3 is 1. The van der Waals surface area contributed by atoms with Crippen LogP contribution in [-0.2, 0) is 16.1 Å². The number of benzene rings is 1. The SMILES string of the molecule is CCCC(=O)NCc1nc(C(=O)OC)c(-c2ccc(C#N)cc2)s1. The van der Waals surface area contributed by atoms with Crippen LogP contribution in [0.5, 0.6) is 0 Å². The standard InChI is InChI=1S/C17H17N3O3S/c1-3-4-13(21)19-10-14-20-15(17(22)23-2)16(24-14)12-7-5-11(9-18)6-8-12/h5-8H,3-4,10H2,1-2H3,(H,19,21). The van der Waals surface area contributed by atoms with Crippen molar-refractivity contribution in [3.05, 3.63) is 40.5 Å². The van der Waals surface area contributed by atoms with Gasteiger partial charge in [0.2, 0.25) is 5.91 Å². The van der Waals surface area contributed by atoms with E-state index in [0.717, 1.165) is 12.0 Å². The van der Waals surface area contributed by atoms with Gasteiger partial charge >= 0.3 is 5.97 Å². The molecule has 0 aliphatic carbocycles. The summed E-state index contributed by atoms with van der Waals surface area (Å²) >= 11 is 1.32. The molecule has 0 unspecified atom stereocenters. The average Bonchev–Trinajstić information content (AvgIpc) is 3.04. The van der Waals surface area contributed by atoms with Crippen molar-refractivity contribution in [2.45, 2.75) is 26.3 Å². The van der Waals surface area contributed by atoms with E-state index in [1.807, 2.05) is 6.92 Å². The van der Waals surface area contributed by atoms with E-state index < -0.39 is 5.97 Å². The van der Waals surface area contributed by atoms with E-state index in [1.165, 1.54) is 18.4 Å². The Labute approximate surface area is 144 Å². The summed E-state index contributed by atoms with van der Waals surface area (Å²) < 4.78 is 4.79. The lowest BCUT2D eigenvalue weighted by Gasteiger charge is -2.00. The highest BCUT2D eigenvalue weighted by atomic mass is 32.1. The number of esters is 1. The van der Waals surface area contributed by atoms with Crippen LogP contribution in [0.25, 0.3) is 10.4 Å². The fourth-order valence-corrected chi connectivity index (χ4v) is 3.05. The van der Waals surface area contributed by atoms with Gasteiger partial charge in [-0.3, -0.25) is 4.79 Å². The van der Waals surface area contributed by atoms with Crippen molar-refractivity contribution in [1.29, 1.82) is 5.26 Å². The first-order valence-electron chi connectivity index (χ1n) is 7.44. The van der Waals surface area contributed by atoms with Gasteiger partial charge in [-0.1, -0.05) is 19.1 Å². The molecule has 7 heteroatoms. The maximum atomic E-state index is 12.0. The van der Waals surface area contributed by atoms with Gasteiger partial charge < -0.3 is 10.1 Å². The predicted octanol–water partition coefficient (Wildman–Crippen LogP) is 2.88. The van der Waals surface area contributed by atoms with Crippen LogP contribution >= 0.6 is 11.3 Å². The zero-order chi connectivity index (χ0) is 17.5. The molecule has 0 atom stereocenters. The van der Waals surface area contributed by atoms with E-state index in [1.54, 1.807) is 24.3 Å². The third-order valence-electron chi connectivity index (χ3n) is 3.24. The molecule has 1 N–H and O–H groups in total. The number of rotatable bonds is 6. The van der Waals surface area contributed by atoms with Gasteiger partial charge in [0.05, 0.1) is 30.2 Å². The van der Waals surface area contributed by atoms with E-state index in [0.29, 0.717) is 21.9 Å². The van der Waals surface area contributed by atoms with Crippen molar-refractivity contribution in [2.75, 3.05) is 7.11 Å². The monoisotopic (exact) mass is 343 g/mol. The number of nitriles is 1. The Kier molecular flexibility index (Phi) is 6.04. The average molecular weight is 343 g/mol. The third kappa shape index (κ3) is 4.18. The number of carbonyl (C=O) groups is 2. The van der Waals surface area contributed by atoms with Gasteiger partial charge in [-0.25, -0.2) is 9.78 Å². The quantitative estimate of drug-likeness (QED) is 0.814. The molecule has 0 bridgehead atoms. The number of hydrogen-bond acceptors (Lipinski definition) is 6. The molecule has 1 aromatic carbocycles. The fraction of sp³-hybridized carbons (Fsp3) is 0.294. The van der Waals surface area contributed by atoms with Crippen LogP contribution in [0, 0.1) is 11.3 Å². The summed E-state index contributed by atoms with van der Waals surface area (Å²) in [6, 6.07) is 8.94. The molecule has 0 aliphatic heterocycles. The minimum atomic E-state index is -0.531. The van der Waals surface area contributed by atoms with Gasteiger partial charge in [0.15, 0.2) is 5.69 Å². The number of amides is 1. The molecule has 0 spiro atoms. The first kappa shape index (κ1) is 17.6. The number of carbonyl (C=O) groups excluding carboxylic acids is 2. The van der Waals surface area contributed by atoms with Crippen molar-refractivity contribution in [2.24, 2.45) is 0 Å². The summed E-state index contributed by atoms with van der Waals surface area (Å²) in [5, 5.41) is 12.3. The Balaban J connectivity index is 2.29. The summed E-state index contributed by atoms with van der Waals surface area (Å²) in [7, 11) is 1.30. The van der Waals surface area contributed by atoms with Gasteiger partial charge in [0, 0.05) is 6.42 Å². The predicted molar refractivity (Wildman–Crippen MR) is 90.4 cm³/mol. The summed E-state index contributed by atoms with van der Waals surface area (Å²) in [5.74, 6) is -0.580. The van der Waals surface area contributed by atoms with E-state index in [9.17, 15) is 9.59 Å². The van der Waals surface area contributed by atoms with Gasteiger partial charge in [0.1, 0.15) is 5.01 Å². The largest absolute Gasteiger partial charge is 0.464 e. The number of nitrogens with zero attached hydrogens (tertiary/aromatic N) is 2. The maximum Gasteiger partial charge on any atom is 0.358 e. The minimum absolute atomic E-state index is 0.0489. The lowest BCUT2D eigenvalue weighted by molar-refractivity contribution is -0.121. The molecule has 0 radical (unpaired) electrons. The van der Waals surface area contributed by atoms with Crippen LogP contribution in [0.2, 0.25) is 0 Å². The van der Waals surface area contributed by atoms with Crippen molar-refractivity contribution >= 4 is 23.2 Å². The lowest BCUT2D eigenvalue weighted by atomic mass is 10.1. The smallest absolute Gasteiger partial charge is 0.358 e. The third-order valence-corrected chi connectivity index (χ3v) is 4.34. The molecule has 1 aromatic heterocycles. The second kappa shape index (κ2) is 8.22. The highest BCUT2D eigenvalue weighted by molar-refractivity contribution is 7.15. The topological polar surface area (TPSA) is 92.1 Å². The van der Waals surface area contributed by atoms with E-state index >= 15 is 0 Å².